The predicted octanol–water partition coefficient (Wildman–Crippen LogP) is 3.61. The molecule has 2 aliphatic heterocycles. The van der Waals surface area contributed by atoms with Crippen molar-refractivity contribution >= 4 is 52.1 Å². The summed E-state index contributed by atoms with van der Waals surface area (Å²) in [5.74, 6) is -1.49. The highest BCUT2D eigenvalue weighted by atomic mass is 35.5. The number of rotatable bonds is 3. The molecule has 2 aromatic rings. The molecule has 6 nitrogen and oxygen atoms in total. The third kappa shape index (κ3) is 3.22. The number of nitrogens with zero attached hydrogens (tertiary/aromatic N) is 3. The van der Waals surface area contributed by atoms with Crippen molar-refractivity contribution in [1.82, 2.24) is 9.88 Å². The molecular formula is C19H16ClFN4O2S. The van der Waals surface area contributed by atoms with Crippen LogP contribution in [0.15, 0.2) is 36.5 Å². The molecule has 2 amide bonds. The smallest absolute Gasteiger partial charge is 0.277 e. The molecule has 9 heteroatoms. The number of fused-ring (bicyclic) bond motifs is 1. The zero-order valence-corrected chi connectivity index (χ0v) is 16.3. The fourth-order valence-electron chi connectivity index (χ4n) is 3.52. The number of nitrogens with one attached hydrogen (secondary N) is 1. The highest BCUT2D eigenvalue weighted by molar-refractivity contribution is 7.80. The van der Waals surface area contributed by atoms with Gasteiger partial charge in [0.1, 0.15) is 6.04 Å². The second-order valence-electron chi connectivity index (χ2n) is 6.62. The number of thiocarbonyl (C=S) groups is 1. The minimum atomic E-state index is -0.715. The molecule has 0 saturated carbocycles. The van der Waals surface area contributed by atoms with Gasteiger partial charge < -0.3 is 10.2 Å². The summed E-state index contributed by atoms with van der Waals surface area (Å²) in [5.41, 5.74) is 0.516. The van der Waals surface area contributed by atoms with Gasteiger partial charge in [-0.1, -0.05) is 11.6 Å². The minimum Gasteiger partial charge on any atom is -0.336 e. The lowest BCUT2D eigenvalue weighted by Crippen LogP contribution is -2.38. The SMILES string of the molecule is O=C(Nc1ccc(N2C(=O)C3CCCCN3C2=S)c(Cl)c1)c1ncccc1F. The maximum absolute atomic E-state index is 13.7. The largest absolute Gasteiger partial charge is 0.336 e. The zero-order chi connectivity index (χ0) is 19.8. The van der Waals surface area contributed by atoms with Gasteiger partial charge in [0.25, 0.3) is 11.8 Å². The molecule has 0 bridgehead atoms. The average Bonchev–Trinajstić information content (AvgIpc) is 2.93. The van der Waals surface area contributed by atoms with Crippen molar-refractivity contribution in [3.05, 3.63) is 53.1 Å². The molecule has 0 radical (unpaired) electrons. The second-order valence-corrected chi connectivity index (χ2v) is 7.39. The van der Waals surface area contributed by atoms with Gasteiger partial charge in [0.2, 0.25) is 0 Å². The van der Waals surface area contributed by atoms with E-state index in [1.54, 1.807) is 12.1 Å². The van der Waals surface area contributed by atoms with Gasteiger partial charge >= 0.3 is 0 Å². The number of hydrogen-bond donors (Lipinski definition) is 1. The lowest BCUT2D eigenvalue weighted by molar-refractivity contribution is -0.120. The van der Waals surface area contributed by atoms with Gasteiger partial charge in [-0.3, -0.25) is 14.5 Å². The Kier molecular flexibility index (Phi) is 4.99. The van der Waals surface area contributed by atoms with Crippen LogP contribution >= 0.6 is 23.8 Å². The Labute approximate surface area is 171 Å². The molecule has 3 heterocycles. The van der Waals surface area contributed by atoms with Crippen molar-refractivity contribution in [3.63, 3.8) is 0 Å². The molecule has 144 valence electrons. The third-order valence-electron chi connectivity index (χ3n) is 4.87. The molecule has 1 atom stereocenters. The molecule has 2 fully saturated rings. The van der Waals surface area contributed by atoms with Gasteiger partial charge in [-0.05, 0) is 61.8 Å². The number of halogens is 2. The minimum absolute atomic E-state index is 0.0843. The van der Waals surface area contributed by atoms with Gasteiger partial charge in [0.05, 0.1) is 10.7 Å². The number of aromatic nitrogens is 1. The molecular weight excluding hydrogens is 403 g/mol. The molecule has 1 unspecified atom stereocenters. The number of pyridine rings is 1. The van der Waals surface area contributed by atoms with E-state index in [0.29, 0.717) is 16.5 Å². The summed E-state index contributed by atoms with van der Waals surface area (Å²) in [6.45, 7) is 0.757. The van der Waals surface area contributed by atoms with Crippen molar-refractivity contribution in [2.24, 2.45) is 0 Å². The van der Waals surface area contributed by atoms with Crippen molar-refractivity contribution in [2.45, 2.75) is 25.3 Å². The number of piperidine rings is 1. The second kappa shape index (κ2) is 7.44. The summed E-state index contributed by atoms with van der Waals surface area (Å²) in [4.78, 5) is 32.2. The Balaban J connectivity index is 1.57. The topological polar surface area (TPSA) is 65.5 Å². The molecule has 1 aromatic heterocycles. The Morgan fingerprint density at radius 3 is 2.86 bits per heavy atom. The van der Waals surface area contributed by atoms with Crippen LogP contribution in [0.5, 0.6) is 0 Å². The highest BCUT2D eigenvalue weighted by Gasteiger charge is 2.44. The lowest BCUT2D eigenvalue weighted by atomic mass is 10.0. The Morgan fingerprint density at radius 2 is 2.14 bits per heavy atom. The van der Waals surface area contributed by atoms with Gasteiger partial charge in [-0.25, -0.2) is 9.37 Å². The molecule has 2 saturated heterocycles. The quantitative estimate of drug-likeness (QED) is 0.771. The summed E-state index contributed by atoms with van der Waals surface area (Å²) >= 11 is 11.9. The first kappa shape index (κ1) is 18.8. The average molecular weight is 419 g/mol. The van der Waals surface area contributed by atoms with E-state index in [1.807, 2.05) is 4.90 Å². The standard InChI is InChI=1S/C19H16ClFN4O2S/c20-12-10-11(23-17(26)16-13(21)4-3-8-22-16)6-7-14(12)25-18(27)15-5-1-2-9-24(15)19(25)28/h3-4,6-8,10,15H,1-2,5,9H2,(H,23,26). The summed E-state index contributed by atoms with van der Waals surface area (Å²) in [6.07, 6.45) is 4.10. The number of carbonyl (C=O) groups excluding carboxylic acids is 2. The lowest BCUT2D eigenvalue weighted by Gasteiger charge is -2.28. The molecule has 28 heavy (non-hydrogen) atoms. The van der Waals surface area contributed by atoms with Crippen LogP contribution in [-0.4, -0.2) is 39.4 Å². The summed E-state index contributed by atoms with van der Waals surface area (Å²) in [7, 11) is 0. The number of benzene rings is 1. The first-order valence-electron chi connectivity index (χ1n) is 8.83. The van der Waals surface area contributed by atoms with Crippen molar-refractivity contribution in [2.75, 3.05) is 16.8 Å². The summed E-state index contributed by atoms with van der Waals surface area (Å²) in [5, 5.41) is 3.26. The van der Waals surface area contributed by atoms with Crippen LogP contribution in [0.4, 0.5) is 15.8 Å². The molecule has 1 aromatic carbocycles. The molecule has 2 aliphatic rings. The molecule has 1 N–H and O–H groups in total. The Hall–Kier alpha value is -2.58. The van der Waals surface area contributed by atoms with E-state index in [2.05, 4.69) is 10.3 Å². The van der Waals surface area contributed by atoms with Crippen molar-refractivity contribution < 1.29 is 14.0 Å². The van der Waals surface area contributed by atoms with Crippen molar-refractivity contribution in [3.8, 4) is 0 Å². The predicted molar refractivity (Wildman–Crippen MR) is 108 cm³/mol. The third-order valence-corrected chi connectivity index (χ3v) is 5.59. The summed E-state index contributed by atoms with van der Waals surface area (Å²) < 4.78 is 13.7. The van der Waals surface area contributed by atoms with E-state index in [4.69, 9.17) is 23.8 Å². The maximum Gasteiger partial charge on any atom is 0.277 e. The van der Waals surface area contributed by atoms with E-state index in [0.717, 1.165) is 31.9 Å². The van der Waals surface area contributed by atoms with Gasteiger partial charge in [-0.2, -0.15) is 0 Å². The van der Waals surface area contributed by atoms with Gasteiger partial charge in [0.15, 0.2) is 16.6 Å². The molecule has 4 rings (SSSR count). The van der Waals surface area contributed by atoms with Crippen LogP contribution in [0.25, 0.3) is 0 Å². The van der Waals surface area contributed by atoms with Crippen LogP contribution in [0.3, 0.4) is 0 Å². The maximum atomic E-state index is 13.7. The Morgan fingerprint density at radius 1 is 1.32 bits per heavy atom. The van der Waals surface area contributed by atoms with E-state index >= 15 is 0 Å². The van der Waals surface area contributed by atoms with Crippen LogP contribution in [0.2, 0.25) is 5.02 Å². The van der Waals surface area contributed by atoms with E-state index in [9.17, 15) is 14.0 Å². The first-order valence-corrected chi connectivity index (χ1v) is 9.62. The first-order chi connectivity index (χ1) is 13.5. The monoisotopic (exact) mass is 418 g/mol. The molecule has 0 aliphatic carbocycles. The number of anilines is 2. The van der Waals surface area contributed by atoms with Crippen LogP contribution in [0, 0.1) is 5.82 Å². The van der Waals surface area contributed by atoms with Gasteiger partial charge in [0, 0.05) is 18.4 Å². The normalized spacial score (nSPS) is 19.0. The van der Waals surface area contributed by atoms with Crippen LogP contribution < -0.4 is 10.2 Å². The van der Waals surface area contributed by atoms with E-state index < -0.39 is 11.7 Å². The number of carbonyl (C=O) groups is 2. The number of amides is 2. The zero-order valence-electron chi connectivity index (χ0n) is 14.7. The highest BCUT2D eigenvalue weighted by Crippen LogP contribution is 2.36. The van der Waals surface area contributed by atoms with E-state index in [1.165, 1.54) is 23.2 Å². The fraction of sp³-hybridized carbons (Fsp3) is 0.263. The van der Waals surface area contributed by atoms with Gasteiger partial charge in [-0.15, -0.1) is 0 Å². The Bertz CT molecular complexity index is 962. The van der Waals surface area contributed by atoms with Crippen LogP contribution in [-0.2, 0) is 4.79 Å². The molecule has 0 spiro atoms. The van der Waals surface area contributed by atoms with Crippen LogP contribution in [0.1, 0.15) is 29.8 Å². The van der Waals surface area contributed by atoms with Crippen molar-refractivity contribution in [1.29, 1.82) is 0 Å². The summed E-state index contributed by atoms with van der Waals surface area (Å²) in [6, 6.07) is 7.04. The fourth-order valence-corrected chi connectivity index (χ4v) is 4.19. The van der Waals surface area contributed by atoms with E-state index in [-0.39, 0.29) is 22.7 Å². The number of hydrogen-bond acceptors (Lipinski definition) is 4.